The third-order valence-electron chi connectivity index (χ3n) is 3.45. The normalized spacial score (nSPS) is 10.4. The molecule has 0 aliphatic rings. The summed E-state index contributed by atoms with van der Waals surface area (Å²) >= 11 is 13.0. The van der Waals surface area contributed by atoms with E-state index in [2.05, 4.69) is 5.32 Å². The topological polar surface area (TPSA) is 72.5 Å². The molecule has 0 aliphatic heterocycles. The van der Waals surface area contributed by atoms with Gasteiger partial charge in [0.15, 0.2) is 12.4 Å². The van der Waals surface area contributed by atoms with E-state index in [-0.39, 0.29) is 16.5 Å². The van der Waals surface area contributed by atoms with E-state index in [1.165, 1.54) is 36.5 Å². The summed E-state index contributed by atoms with van der Waals surface area (Å²) in [7, 11) is 0. The zero-order valence-electron chi connectivity index (χ0n) is 13.7. The molecule has 0 saturated heterocycles. The molecule has 0 unspecified atom stereocenters. The fraction of sp³-hybridized carbons (Fsp3) is 0.235. The van der Waals surface area contributed by atoms with E-state index in [9.17, 15) is 14.4 Å². The lowest BCUT2D eigenvalue weighted by atomic mass is 10.1. The number of ether oxygens (including phenoxy) is 1. The van der Waals surface area contributed by atoms with E-state index >= 15 is 0 Å². The lowest BCUT2D eigenvalue weighted by Gasteiger charge is -2.07. The highest BCUT2D eigenvalue weighted by atomic mass is 35.5. The molecule has 0 bridgehead atoms. The van der Waals surface area contributed by atoms with Gasteiger partial charge in [-0.15, -0.1) is 11.3 Å². The van der Waals surface area contributed by atoms with Gasteiger partial charge in [-0.1, -0.05) is 23.2 Å². The van der Waals surface area contributed by atoms with Crippen LogP contribution in [0, 0.1) is 13.8 Å². The third-order valence-corrected chi connectivity index (χ3v) is 5.32. The van der Waals surface area contributed by atoms with Crippen molar-refractivity contribution in [2.75, 3.05) is 11.9 Å². The largest absolute Gasteiger partial charge is 0.454 e. The first-order valence-corrected chi connectivity index (χ1v) is 8.81. The van der Waals surface area contributed by atoms with Crippen LogP contribution in [0.4, 0.5) is 5.00 Å². The Morgan fingerprint density at radius 1 is 1.16 bits per heavy atom. The van der Waals surface area contributed by atoms with Crippen molar-refractivity contribution in [3.63, 3.8) is 0 Å². The summed E-state index contributed by atoms with van der Waals surface area (Å²) < 4.78 is 5.12. The number of thiophene rings is 1. The van der Waals surface area contributed by atoms with Crippen LogP contribution in [-0.4, -0.2) is 24.3 Å². The van der Waals surface area contributed by atoms with Gasteiger partial charge in [0.1, 0.15) is 5.00 Å². The first-order valence-electron chi connectivity index (χ1n) is 7.23. The van der Waals surface area contributed by atoms with Gasteiger partial charge in [-0.3, -0.25) is 9.59 Å². The molecule has 1 aromatic heterocycles. The Morgan fingerprint density at radius 2 is 1.84 bits per heavy atom. The van der Waals surface area contributed by atoms with Crippen molar-refractivity contribution in [1.82, 2.24) is 0 Å². The van der Waals surface area contributed by atoms with Gasteiger partial charge in [-0.2, -0.15) is 0 Å². The van der Waals surface area contributed by atoms with Gasteiger partial charge in [0, 0.05) is 17.4 Å². The third kappa shape index (κ3) is 4.60. The highest BCUT2D eigenvalue weighted by Crippen LogP contribution is 2.33. The number of carbonyl (C=O) groups excluding carboxylic acids is 3. The number of hydrogen-bond donors (Lipinski definition) is 1. The zero-order valence-corrected chi connectivity index (χ0v) is 16.1. The maximum Gasteiger partial charge on any atom is 0.341 e. The number of carbonyl (C=O) groups is 3. The summed E-state index contributed by atoms with van der Waals surface area (Å²) in [5.74, 6) is -1.36. The van der Waals surface area contributed by atoms with Crippen LogP contribution in [0.3, 0.4) is 0 Å². The minimum Gasteiger partial charge on any atom is -0.454 e. The van der Waals surface area contributed by atoms with Gasteiger partial charge in [0.25, 0.3) is 0 Å². The Kier molecular flexibility index (Phi) is 6.21. The Balaban J connectivity index is 2.13. The molecule has 0 saturated carbocycles. The van der Waals surface area contributed by atoms with Crippen LogP contribution in [0.15, 0.2) is 18.2 Å². The van der Waals surface area contributed by atoms with E-state index in [0.717, 1.165) is 4.88 Å². The number of aryl methyl sites for hydroxylation is 1. The molecule has 25 heavy (non-hydrogen) atoms. The van der Waals surface area contributed by atoms with Gasteiger partial charge in [0.2, 0.25) is 5.91 Å². The predicted octanol–water partition coefficient (Wildman–Crippen LogP) is 4.67. The first kappa shape index (κ1) is 19.4. The maximum absolute atomic E-state index is 12.4. The van der Waals surface area contributed by atoms with Gasteiger partial charge in [0.05, 0.1) is 15.6 Å². The van der Waals surface area contributed by atoms with E-state index in [1.807, 2.05) is 6.92 Å². The van der Waals surface area contributed by atoms with Crippen molar-refractivity contribution in [3.8, 4) is 0 Å². The lowest BCUT2D eigenvalue weighted by molar-refractivity contribution is -0.114. The number of amides is 1. The summed E-state index contributed by atoms with van der Waals surface area (Å²) in [6, 6.07) is 4.43. The Morgan fingerprint density at radius 3 is 2.44 bits per heavy atom. The van der Waals surface area contributed by atoms with Gasteiger partial charge in [-0.05, 0) is 37.6 Å². The van der Waals surface area contributed by atoms with E-state index < -0.39 is 18.4 Å². The number of esters is 1. The predicted molar refractivity (Wildman–Crippen MR) is 99.2 cm³/mol. The zero-order chi connectivity index (χ0) is 18.7. The molecule has 1 heterocycles. The van der Waals surface area contributed by atoms with Crippen LogP contribution >= 0.6 is 34.5 Å². The molecule has 5 nitrogen and oxygen atoms in total. The molecule has 1 aromatic carbocycles. The number of rotatable bonds is 5. The standard InChI is InChI=1S/C17H15Cl2NO4S/c1-8-9(2)25-16(20-10(3)21)15(8)17(23)24-7-14(22)11-4-5-12(18)13(19)6-11/h4-6H,7H2,1-3H3,(H,20,21). The number of nitrogens with one attached hydrogen (secondary N) is 1. The van der Waals surface area contributed by atoms with Crippen molar-refractivity contribution in [2.24, 2.45) is 0 Å². The second-order valence-electron chi connectivity index (χ2n) is 5.30. The van der Waals surface area contributed by atoms with Crippen LogP contribution in [0.2, 0.25) is 10.0 Å². The molecular weight excluding hydrogens is 385 g/mol. The van der Waals surface area contributed by atoms with Crippen LogP contribution in [0.25, 0.3) is 0 Å². The van der Waals surface area contributed by atoms with Crippen molar-refractivity contribution in [2.45, 2.75) is 20.8 Å². The molecule has 0 aliphatic carbocycles. The molecule has 1 amide bonds. The van der Waals surface area contributed by atoms with Crippen LogP contribution in [-0.2, 0) is 9.53 Å². The van der Waals surface area contributed by atoms with Crippen molar-refractivity contribution in [1.29, 1.82) is 0 Å². The second-order valence-corrected chi connectivity index (χ2v) is 7.34. The fourth-order valence-electron chi connectivity index (χ4n) is 2.08. The smallest absolute Gasteiger partial charge is 0.341 e. The van der Waals surface area contributed by atoms with E-state index in [4.69, 9.17) is 27.9 Å². The summed E-state index contributed by atoms with van der Waals surface area (Å²) in [6.45, 7) is 4.51. The van der Waals surface area contributed by atoms with Gasteiger partial charge < -0.3 is 10.1 Å². The molecule has 0 atom stereocenters. The summed E-state index contributed by atoms with van der Waals surface area (Å²) in [6.07, 6.45) is 0. The van der Waals surface area contributed by atoms with Gasteiger partial charge >= 0.3 is 5.97 Å². The molecule has 8 heteroatoms. The highest BCUT2D eigenvalue weighted by molar-refractivity contribution is 7.16. The van der Waals surface area contributed by atoms with Crippen molar-refractivity contribution in [3.05, 3.63) is 49.8 Å². The minimum atomic E-state index is -0.668. The summed E-state index contributed by atoms with van der Waals surface area (Å²) in [5.41, 5.74) is 1.27. The molecular formula is C17H15Cl2NO4S. The number of ketones is 1. The Hall–Kier alpha value is -1.89. The molecule has 0 fully saturated rings. The first-order chi connectivity index (χ1) is 11.7. The second kappa shape index (κ2) is 7.99. The monoisotopic (exact) mass is 399 g/mol. The number of Topliss-reactive ketones (excluding diaryl/α,β-unsaturated/α-hetero) is 1. The van der Waals surface area contributed by atoms with E-state index in [0.29, 0.717) is 21.2 Å². The summed E-state index contributed by atoms with van der Waals surface area (Å²) in [5, 5.41) is 3.60. The van der Waals surface area contributed by atoms with E-state index in [1.54, 1.807) is 6.92 Å². The molecule has 2 aromatic rings. The number of halogens is 2. The Bertz CT molecular complexity index is 861. The fourth-order valence-corrected chi connectivity index (χ4v) is 3.47. The molecule has 2 rings (SSSR count). The number of benzene rings is 1. The lowest BCUT2D eigenvalue weighted by Crippen LogP contribution is -2.16. The molecule has 132 valence electrons. The van der Waals surface area contributed by atoms with Gasteiger partial charge in [-0.25, -0.2) is 4.79 Å². The maximum atomic E-state index is 12.4. The molecule has 0 radical (unpaired) electrons. The summed E-state index contributed by atoms with van der Waals surface area (Å²) in [4.78, 5) is 36.7. The van der Waals surface area contributed by atoms with Crippen LogP contribution < -0.4 is 5.32 Å². The number of hydrogen-bond acceptors (Lipinski definition) is 5. The minimum absolute atomic E-state index is 0.246. The van der Waals surface area contributed by atoms with Crippen molar-refractivity contribution >= 4 is 57.2 Å². The van der Waals surface area contributed by atoms with Crippen molar-refractivity contribution < 1.29 is 19.1 Å². The highest BCUT2D eigenvalue weighted by Gasteiger charge is 2.22. The average Bonchev–Trinajstić information content (AvgIpc) is 2.81. The van der Waals surface area contributed by atoms with Crippen LogP contribution in [0.1, 0.15) is 38.1 Å². The molecule has 0 spiro atoms. The number of anilines is 1. The quantitative estimate of drug-likeness (QED) is 0.585. The SMILES string of the molecule is CC(=O)Nc1sc(C)c(C)c1C(=O)OCC(=O)c1ccc(Cl)c(Cl)c1. The van der Waals surface area contributed by atoms with Crippen LogP contribution in [0.5, 0.6) is 0 Å². The Labute approximate surface area is 158 Å². The average molecular weight is 400 g/mol. The molecule has 1 N–H and O–H groups in total.